The van der Waals surface area contributed by atoms with Gasteiger partial charge in [0.05, 0.1) is 0 Å². The minimum atomic E-state index is 0.341. The van der Waals surface area contributed by atoms with E-state index < -0.39 is 0 Å². The number of likely N-dealkylation sites (N-methyl/N-ethyl adjacent to an activating group) is 1. The van der Waals surface area contributed by atoms with E-state index in [4.69, 9.17) is 9.47 Å². The summed E-state index contributed by atoms with van der Waals surface area (Å²) in [6.07, 6.45) is 0. The van der Waals surface area contributed by atoms with Crippen LogP contribution in [-0.2, 0) is 6.54 Å². The summed E-state index contributed by atoms with van der Waals surface area (Å²) in [7, 11) is 2.13. The van der Waals surface area contributed by atoms with Gasteiger partial charge in [-0.3, -0.25) is 0 Å². The molecule has 1 aliphatic rings. The number of fused-ring (bicyclic) bond motifs is 1. The molecule has 0 aliphatic carbocycles. The minimum absolute atomic E-state index is 0.341. The van der Waals surface area contributed by atoms with Gasteiger partial charge >= 0.3 is 0 Å². The van der Waals surface area contributed by atoms with Gasteiger partial charge in [-0.05, 0) is 31.3 Å². The second kappa shape index (κ2) is 5.89. The maximum absolute atomic E-state index is 5.34. The van der Waals surface area contributed by atoms with E-state index in [1.54, 1.807) is 0 Å². The van der Waals surface area contributed by atoms with Crippen molar-refractivity contribution < 1.29 is 9.47 Å². The van der Waals surface area contributed by atoms with Crippen LogP contribution in [0.4, 0.5) is 0 Å². The molecule has 17 heavy (non-hydrogen) atoms. The fourth-order valence-electron chi connectivity index (χ4n) is 1.71. The second-order valence-electron chi connectivity index (χ2n) is 4.26. The Hall–Kier alpha value is -1.26. The first-order valence-corrected chi connectivity index (χ1v) is 6.07. The molecule has 0 unspecified atom stereocenters. The maximum atomic E-state index is 5.34. The summed E-state index contributed by atoms with van der Waals surface area (Å²) in [6.45, 7) is 6.53. The topological polar surface area (TPSA) is 33.7 Å². The third kappa shape index (κ3) is 3.35. The molecule has 1 aromatic rings. The molecule has 0 saturated heterocycles. The third-order valence-electron chi connectivity index (χ3n) is 2.98. The average Bonchev–Trinajstić information content (AvgIpc) is 2.81. The highest BCUT2D eigenvalue weighted by atomic mass is 16.7. The van der Waals surface area contributed by atoms with E-state index in [2.05, 4.69) is 30.3 Å². The largest absolute Gasteiger partial charge is 0.454 e. The Bertz CT molecular complexity index is 368. The van der Waals surface area contributed by atoms with Gasteiger partial charge in [-0.1, -0.05) is 13.0 Å². The second-order valence-corrected chi connectivity index (χ2v) is 4.26. The SMILES string of the molecule is CCN(C)CCNCc1ccc2c(c1)OCO2. The van der Waals surface area contributed by atoms with Crippen LogP contribution in [-0.4, -0.2) is 38.4 Å². The van der Waals surface area contributed by atoms with Crippen LogP contribution in [0.25, 0.3) is 0 Å². The molecule has 0 bridgehead atoms. The number of hydrogen-bond acceptors (Lipinski definition) is 4. The number of nitrogens with zero attached hydrogens (tertiary/aromatic N) is 1. The molecule has 4 heteroatoms. The lowest BCUT2D eigenvalue weighted by atomic mass is 10.2. The average molecular weight is 236 g/mol. The van der Waals surface area contributed by atoms with Crippen LogP contribution >= 0.6 is 0 Å². The van der Waals surface area contributed by atoms with Gasteiger partial charge in [-0.2, -0.15) is 0 Å². The van der Waals surface area contributed by atoms with Crippen LogP contribution in [0.1, 0.15) is 12.5 Å². The molecule has 0 aromatic heterocycles. The predicted octanol–water partition coefficient (Wildman–Crippen LogP) is 1.46. The molecule has 0 amide bonds. The Kier molecular flexibility index (Phi) is 4.23. The Labute approximate surface area is 103 Å². The molecule has 0 saturated carbocycles. The van der Waals surface area contributed by atoms with Gasteiger partial charge in [0, 0.05) is 19.6 Å². The van der Waals surface area contributed by atoms with Crippen molar-refractivity contribution >= 4 is 0 Å². The molecule has 1 heterocycles. The fourth-order valence-corrected chi connectivity index (χ4v) is 1.71. The van der Waals surface area contributed by atoms with E-state index in [1.165, 1.54) is 5.56 Å². The van der Waals surface area contributed by atoms with E-state index in [1.807, 2.05) is 12.1 Å². The highest BCUT2D eigenvalue weighted by molar-refractivity contribution is 5.44. The number of benzene rings is 1. The van der Waals surface area contributed by atoms with Gasteiger partial charge in [-0.25, -0.2) is 0 Å². The van der Waals surface area contributed by atoms with Crippen molar-refractivity contribution in [2.24, 2.45) is 0 Å². The van der Waals surface area contributed by atoms with Crippen LogP contribution in [0.5, 0.6) is 11.5 Å². The zero-order valence-electron chi connectivity index (χ0n) is 10.5. The molecule has 1 aromatic carbocycles. The molecule has 1 aliphatic heterocycles. The summed E-state index contributed by atoms with van der Waals surface area (Å²) in [4.78, 5) is 2.28. The maximum Gasteiger partial charge on any atom is 0.231 e. The van der Waals surface area contributed by atoms with Crippen molar-refractivity contribution in [1.82, 2.24) is 10.2 Å². The van der Waals surface area contributed by atoms with Crippen LogP contribution in [0.15, 0.2) is 18.2 Å². The van der Waals surface area contributed by atoms with E-state index >= 15 is 0 Å². The lowest BCUT2D eigenvalue weighted by Gasteiger charge is -2.14. The van der Waals surface area contributed by atoms with Crippen molar-refractivity contribution in [2.75, 3.05) is 33.5 Å². The molecule has 2 rings (SSSR count). The monoisotopic (exact) mass is 236 g/mol. The minimum Gasteiger partial charge on any atom is -0.454 e. The first kappa shape index (κ1) is 12.2. The van der Waals surface area contributed by atoms with Crippen molar-refractivity contribution in [3.63, 3.8) is 0 Å². The van der Waals surface area contributed by atoms with Crippen molar-refractivity contribution in [1.29, 1.82) is 0 Å². The highest BCUT2D eigenvalue weighted by Gasteiger charge is 2.12. The summed E-state index contributed by atoms with van der Waals surface area (Å²) in [5.74, 6) is 1.70. The number of ether oxygens (including phenoxy) is 2. The summed E-state index contributed by atoms with van der Waals surface area (Å²) in [6, 6.07) is 6.08. The summed E-state index contributed by atoms with van der Waals surface area (Å²) >= 11 is 0. The lowest BCUT2D eigenvalue weighted by molar-refractivity contribution is 0.174. The summed E-state index contributed by atoms with van der Waals surface area (Å²) in [5.41, 5.74) is 1.23. The first-order chi connectivity index (χ1) is 8.29. The van der Waals surface area contributed by atoms with Gasteiger partial charge in [-0.15, -0.1) is 0 Å². The standard InChI is InChI=1S/C13H20N2O2/c1-3-15(2)7-6-14-9-11-4-5-12-13(8-11)17-10-16-12/h4-5,8,14H,3,6-7,9-10H2,1-2H3. The third-order valence-corrected chi connectivity index (χ3v) is 2.98. The zero-order chi connectivity index (χ0) is 12.1. The molecule has 4 nitrogen and oxygen atoms in total. The normalized spacial score (nSPS) is 13.4. The molecular weight excluding hydrogens is 216 g/mol. The van der Waals surface area contributed by atoms with Gasteiger partial charge in [0.1, 0.15) is 0 Å². The van der Waals surface area contributed by atoms with Gasteiger partial charge in [0.2, 0.25) is 6.79 Å². The number of hydrogen-bond donors (Lipinski definition) is 1. The van der Waals surface area contributed by atoms with E-state index in [0.717, 1.165) is 37.7 Å². The van der Waals surface area contributed by atoms with Crippen LogP contribution in [0, 0.1) is 0 Å². The van der Waals surface area contributed by atoms with Gasteiger partial charge in [0.25, 0.3) is 0 Å². The zero-order valence-corrected chi connectivity index (χ0v) is 10.5. The van der Waals surface area contributed by atoms with E-state index in [-0.39, 0.29) is 0 Å². The molecule has 0 fully saturated rings. The summed E-state index contributed by atoms with van der Waals surface area (Å²) in [5, 5.41) is 3.42. The fraction of sp³-hybridized carbons (Fsp3) is 0.538. The van der Waals surface area contributed by atoms with Crippen LogP contribution < -0.4 is 14.8 Å². The van der Waals surface area contributed by atoms with Crippen molar-refractivity contribution in [3.8, 4) is 11.5 Å². The van der Waals surface area contributed by atoms with E-state index in [9.17, 15) is 0 Å². The molecule has 94 valence electrons. The Balaban J connectivity index is 1.76. The Morgan fingerprint density at radius 3 is 2.94 bits per heavy atom. The quantitative estimate of drug-likeness (QED) is 0.758. The molecule has 0 radical (unpaired) electrons. The smallest absolute Gasteiger partial charge is 0.231 e. The number of rotatable bonds is 6. The Morgan fingerprint density at radius 1 is 1.29 bits per heavy atom. The van der Waals surface area contributed by atoms with E-state index in [0.29, 0.717) is 6.79 Å². The highest BCUT2D eigenvalue weighted by Crippen LogP contribution is 2.32. The predicted molar refractivity (Wildman–Crippen MR) is 67.4 cm³/mol. The lowest BCUT2D eigenvalue weighted by Crippen LogP contribution is -2.28. The molecular formula is C13H20N2O2. The number of nitrogens with one attached hydrogen (secondary N) is 1. The molecule has 0 spiro atoms. The van der Waals surface area contributed by atoms with Gasteiger partial charge in [0.15, 0.2) is 11.5 Å². The molecule has 0 atom stereocenters. The van der Waals surface area contributed by atoms with Crippen molar-refractivity contribution in [3.05, 3.63) is 23.8 Å². The first-order valence-electron chi connectivity index (χ1n) is 6.07. The van der Waals surface area contributed by atoms with Gasteiger partial charge < -0.3 is 19.7 Å². The molecule has 1 N–H and O–H groups in total. The van der Waals surface area contributed by atoms with Crippen LogP contribution in [0.2, 0.25) is 0 Å². The van der Waals surface area contributed by atoms with Crippen LogP contribution in [0.3, 0.4) is 0 Å². The summed E-state index contributed by atoms with van der Waals surface area (Å²) < 4.78 is 10.6. The Morgan fingerprint density at radius 2 is 2.12 bits per heavy atom. The van der Waals surface area contributed by atoms with Crippen molar-refractivity contribution in [2.45, 2.75) is 13.5 Å².